The lowest BCUT2D eigenvalue weighted by Crippen LogP contribution is -2.35. The summed E-state index contributed by atoms with van der Waals surface area (Å²) in [6, 6.07) is 15.7. The second kappa shape index (κ2) is 9.88. The molecule has 3 aromatic carbocycles. The van der Waals surface area contributed by atoms with Crippen LogP contribution in [0.25, 0.3) is 10.8 Å². The van der Waals surface area contributed by atoms with E-state index in [0.29, 0.717) is 29.4 Å². The molecule has 1 fully saturated rings. The van der Waals surface area contributed by atoms with Crippen LogP contribution in [0.1, 0.15) is 59.2 Å². The Morgan fingerprint density at radius 3 is 2.65 bits per heavy atom. The lowest BCUT2D eigenvalue weighted by Gasteiger charge is -2.20. The minimum absolute atomic E-state index is 0.00988. The number of anilines is 1. The SMILES string of the molecule is COc1cc2c(cc1OCCCCCCN1C(=O)c3cccc4cccc1c34)N=C[C@@H]1CCCN1C2=O. The fraction of sp³-hybridized carbons (Fsp3) is 0.367. The number of ether oxygens (including phenoxy) is 2. The molecule has 7 nitrogen and oxygen atoms in total. The lowest BCUT2D eigenvalue weighted by molar-refractivity contribution is 0.0774. The molecule has 190 valence electrons. The van der Waals surface area contributed by atoms with Crippen molar-refractivity contribution in [3.63, 3.8) is 0 Å². The quantitative estimate of drug-likeness (QED) is 0.352. The molecule has 0 N–H and O–H groups in total. The van der Waals surface area contributed by atoms with E-state index in [0.717, 1.165) is 73.6 Å². The fourth-order valence-electron chi connectivity index (χ4n) is 5.73. The minimum atomic E-state index is 0.00988. The minimum Gasteiger partial charge on any atom is -0.493 e. The second-order valence-corrected chi connectivity index (χ2v) is 9.91. The third-order valence-electron chi connectivity index (χ3n) is 7.64. The van der Waals surface area contributed by atoms with Gasteiger partial charge in [0.2, 0.25) is 0 Å². The Bertz CT molecular complexity index is 1390. The monoisotopic (exact) mass is 497 g/mol. The van der Waals surface area contributed by atoms with Crippen LogP contribution in [0, 0.1) is 0 Å². The fourth-order valence-corrected chi connectivity index (χ4v) is 5.73. The van der Waals surface area contributed by atoms with Gasteiger partial charge in [0.25, 0.3) is 11.8 Å². The number of nitrogens with zero attached hydrogens (tertiary/aromatic N) is 3. The topological polar surface area (TPSA) is 71.4 Å². The molecule has 0 radical (unpaired) electrons. The van der Waals surface area contributed by atoms with E-state index in [1.54, 1.807) is 13.2 Å². The first-order chi connectivity index (χ1) is 18.2. The van der Waals surface area contributed by atoms with Crippen LogP contribution in [0.4, 0.5) is 11.4 Å². The third kappa shape index (κ3) is 4.22. The predicted molar refractivity (Wildman–Crippen MR) is 145 cm³/mol. The van der Waals surface area contributed by atoms with E-state index >= 15 is 0 Å². The summed E-state index contributed by atoms with van der Waals surface area (Å²) in [4.78, 5) is 34.4. The standard InChI is InChI=1S/C30H31N3O4/c1-36-26-17-23-24(31-19-21-11-8-15-32(21)30(23)35)18-27(26)37-16-5-3-2-4-14-33-25-13-7-10-20-9-6-12-22(28(20)25)29(33)34/h6-7,9-10,12-13,17-19,21H,2-5,8,11,14-16H2,1H3/t21-/m0/s1. The number of carbonyl (C=O) groups is 2. The lowest BCUT2D eigenvalue weighted by atomic mass is 10.1. The van der Waals surface area contributed by atoms with E-state index in [2.05, 4.69) is 17.1 Å². The van der Waals surface area contributed by atoms with Gasteiger partial charge in [0.1, 0.15) is 0 Å². The molecule has 0 spiro atoms. The van der Waals surface area contributed by atoms with Crippen LogP contribution in [-0.4, -0.2) is 55.8 Å². The molecule has 6 rings (SSSR count). The van der Waals surface area contributed by atoms with Crippen molar-refractivity contribution in [1.82, 2.24) is 4.90 Å². The van der Waals surface area contributed by atoms with E-state index in [1.807, 2.05) is 46.3 Å². The Morgan fingerprint density at radius 2 is 1.78 bits per heavy atom. The van der Waals surface area contributed by atoms with Gasteiger partial charge in [-0.15, -0.1) is 0 Å². The van der Waals surface area contributed by atoms with Crippen LogP contribution < -0.4 is 14.4 Å². The number of amides is 2. The van der Waals surface area contributed by atoms with Crippen molar-refractivity contribution >= 4 is 40.2 Å². The second-order valence-electron chi connectivity index (χ2n) is 9.91. The zero-order chi connectivity index (χ0) is 25.4. The third-order valence-corrected chi connectivity index (χ3v) is 7.64. The summed E-state index contributed by atoms with van der Waals surface area (Å²) in [7, 11) is 1.59. The summed E-state index contributed by atoms with van der Waals surface area (Å²) in [5.41, 5.74) is 3.04. The van der Waals surface area contributed by atoms with Crippen LogP contribution in [0.15, 0.2) is 53.5 Å². The maximum atomic E-state index is 13.0. The molecule has 1 saturated heterocycles. The van der Waals surface area contributed by atoms with Gasteiger partial charge in [-0.1, -0.05) is 37.1 Å². The Hall–Kier alpha value is -3.87. The molecule has 2 amide bonds. The molecule has 0 saturated carbocycles. The van der Waals surface area contributed by atoms with Gasteiger partial charge in [0.05, 0.1) is 36.7 Å². The van der Waals surface area contributed by atoms with Crippen molar-refractivity contribution in [1.29, 1.82) is 0 Å². The number of unbranched alkanes of at least 4 members (excludes halogenated alkanes) is 3. The molecule has 37 heavy (non-hydrogen) atoms. The first-order valence-corrected chi connectivity index (χ1v) is 13.2. The first-order valence-electron chi connectivity index (χ1n) is 13.2. The maximum Gasteiger partial charge on any atom is 0.258 e. The predicted octanol–water partition coefficient (Wildman–Crippen LogP) is 5.77. The number of methoxy groups -OCH3 is 1. The molecule has 3 aromatic rings. The van der Waals surface area contributed by atoms with E-state index in [-0.39, 0.29) is 17.9 Å². The number of fused-ring (bicyclic) bond motifs is 2. The van der Waals surface area contributed by atoms with Gasteiger partial charge in [0.15, 0.2) is 11.5 Å². The van der Waals surface area contributed by atoms with Gasteiger partial charge in [0, 0.05) is 36.3 Å². The number of hydrogen-bond donors (Lipinski definition) is 0. The first kappa shape index (κ1) is 23.5. The molecular formula is C30H31N3O4. The molecule has 0 unspecified atom stereocenters. The number of rotatable bonds is 9. The molecule has 3 aliphatic rings. The molecule has 0 aromatic heterocycles. The average Bonchev–Trinajstić information content (AvgIpc) is 3.47. The van der Waals surface area contributed by atoms with Crippen molar-refractivity contribution in [3.05, 3.63) is 59.7 Å². The van der Waals surface area contributed by atoms with Crippen LogP contribution in [-0.2, 0) is 0 Å². The summed E-state index contributed by atoms with van der Waals surface area (Å²) >= 11 is 0. The molecule has 3 aliphatic heterocycles. The summed E-state index contributed by atoms with van der Waals surface area (Å²) in [5.74, 6) is 1.28. The Balaban J connectivity index is 1.01. The zero-order valence-electron chi connectivity index (χ0n) is 21.1. The smallest absolute Gasteiger partial charge is 0.258 e. The molecule has 7 heteroatoms. The highest BCUT2D eigenvalue weighted by Gasteiger charge is 2.32. The zero-order valence-corrected chi connectivity index (χ0v) is 21.1. The largest absolute Gasteiger partial charge is 0.493 e. The van der Waals surface area contributed by atoms with E-state index in [9.17, 15) is 9.59 Å². The van der Waals surface area contributed by atoms with Crippen molar-refractivity contribution in [2.45, 2.75) is 44.6 Å². The highest BCUT2D eigenvalue weighted by atomic mass is 16.5. The molecule has 0 bridgehead atoms. The number of aliphatic imine (C=N–C) groups is 1. The van der Waals surface area contributed by atoms with Crippen LogP contribution in [0.2, 0.25) is 0 Å². The van der Waals surface area contributed by atoms with Crippen molar-refractivity contribution in [2.75, 3.05) is 31.7 Å². The van der Waals surface area contributed by atoms with Crippen LogP contribution in [0.5, 0.6) is 11.5 Å². The van der Waals surface area contributed by atoms with Crippen LogP contribution >= 0.6 is 0 Å². The summed E-state index contributed by atoms with van der Waals surface area (Å²) < 4.78 is 11.6. The highest BCUT2D eigenvalue weighted by Crippen LogP contribution is 2.39. The van der Waals surface area contributed by atoms with Gasteiger partial charge in [-0.3, -0.25) is 14.6 Å². The van der Waals surface area contributed by atoms with E-state index in [1.165, 1.54) is 0 Å². The Kier molecular flexibility index (Phi) is 6.28. The Labute approximate surface area is 216 Å². The average molecular weight is 498 g/mol. The number of carbonyl (C=O) groups excluding carboxylic acids is 2. The van der Waals surface area contributed by atoms with Crippen molar-refractivity contribution in [3.8, 4) is 11.5 Å². The summed E-state index contributed by atoms with van der Waals surface area (Å²) in [5, 5.41) is 2.19. The summed E-state index contributed by atoms with van der Waals surface area (Å²) in [6.45, 7) is 2.04. The number of hydrogen-bond acceptors (Lipinski definition) is 5. The van der Waals surface area contributed by atoms with Gasteiger partial charge in [-0.05, 0) is 49.3 Å². The van der Waals surface area contributed by atoms with Gasteiger partial charge in [-0.25, -0.2) is 0 Å². The summed E-state index contributed by atoms with van der Waals surface area (Å²) in [6.07, 6.45) is 7.69. The molecule has 0 aliphatic carbocycles. The number of benzene rings is 3. The van der Waals surface area contributed by atoms with E-state index < -0.39 is 0 Å². The van der Waals surface area contributed by atoms with E-state index in [4.69, 9.17) is 9.47 Å². The van der Waals surface area contributed by atoms with Crippen molar-refractivity contribution < 1.29 is 19.1 Å². The molecule has 1 atom stereocenters. The van der Waals surface area contributed by atoms with Gasteiger partial charge in [-0.2, -0.15) is 0 Å². The van der Waals surface area contributed by atoms with Gasteiger partial charge < -0.3 is 19.3 Å². The Morgan fingerprint density at radius 1 is 0.946 bits per heavy atom. The molecular weight excluding hydrogens is 466 g/mol. The van der Waals surface area contributed by atoms with Crippen LogP contribution in [0.3, 0.4) is 0 Å². The normalized spacial score (nSPS) is 17.8. The highest BCUT2D eigenvalue weighted by molar-refractivity contribution is 6.25. The molecule has 3 heterocycles. The maximum absolute atomic E-state index is 13.0. The van der Waals surface area contributed by atoms with Gasteiger partial charge >= 0.3 is 0 Å². The van der Waals surface area contributed by atoms with Crippen molar-refractivity contribution in [2.24, 2.45) is 4.99 Å².